The van der Waals surface area contributed by atoms with E-state index in [0.717, 1.165) is 0 Å². The van der Waals surface area contributed by atoms with Gasteiger partial charge in [0.05, 0.1) is 0 Å². The Hall–Kier alpha value is -2.83. The van der Waals surface area contributed by atoms with Crippen LogP contribution in [0.15, 0.2) is 109 Å². The summed E-state index contributed by atoms with van der Waals surface area (Å²) >= 11 is -2.52. The molecule has 0 fully saturated rings. The molecule has 44 heavy (non-hydrogen) atoms. The van der Waals surface area contributed by atoms with Crippen LogP contribution in [0.25, 0.3) is 55.2 Å². The third kappa shape index (κ3) is 4.79. The van der Waals surface area contributed by atoms with E-state index in [2.05, 4.69) is 149 Å². The monoisotopic (exact) mass is 688 g/mol. The van der Waals surface area contributed by atoms with Gasteiger partial charge < -0.3 is 24.8 Å². The molecule has 0 aliphatic heterocycles. The number of hydrogen-bond donors (Lipinski definition) is 0. The quantitative estimate of drug-likeness (QED) is 0.222. The zero-order chi connectivity index (χ0) is 28.5. The van der Waals surface area contributed by atoms with Crippen molar-refractivity contribution in [3.05, 3.63) is 131 Å². The van der Waals surface area contributed by atoms with Gasteiger partial charge in [-0.15, -0.1) is 0 Å². The van der Waals surface area contributed by atoms with Crippen LogP contribution in [0.4, 0.5) is 0 Å². The Morgan fingerprint density at radius 2 is 0.886 bits per heavy atom. The van der Waals surface area contributed by atoms with Crippen molar-refractivity contribution in [3.8, 4) is 0 Å². The van der Waals surface area contributed by atoms with Crippen LogP contribution in [0.1, 0.15) is 57.2 Å². The molecule has 0 nitrogen and oxygen atoms in total. The third-order valence-corrected chi connectivity index (χ3v) is 19.9. The molecule has 0 radical (unpaired) electrons. The fraction of sp³-hybridized carbons (Fsp3) is 0.195. The van der Waals surface area contributed by atoms with Crippen LogP contribution in [0.5, 0.6) is 0 Å². The van der Waals surface area contributed by atoms with Crippen LogP contribution in [0.2, 0.25) is 0 Å². The van der Waals surface area contributed by atoms with Gasteiger partial charge in [0, 0.05) is 0 Å². The summed E-state index contributed by atoms with van der Waals surface area (Å²) in [5, 5.41) is 11.2. The van der Waals surface area contributed by atoms with Crippen LogP contribution in [-0.2, 0) is 21.3 Å². The Labute approximate surface area is 280 Å². The second kappa shape index (κ2) is 12.2. The van der Waals surface area contributed by atoms with Crippen molar-refractivity contribution in [2.45, 2.75) is 34.9 Å². The van der Waals surface area contributed by atoms with Gasteiger partial charge in [0.25, 0.3) is 0 Å². The van der Waals surface area contributed by atoms with E-state index in [4.69, 9.17) is 0 Å². The molecule has 2 aliphatic carbocycles. The fourth-order valence-electron chi connectivity index (χ4n) is 8.24. The van der Waals surface area contributed by atoms with Gasteiger partial charge in [-0.1, -0.05) is 0 Å². The average Bonchev–Trinajstić information content (AvgIpc) is 3.63. The predicted octanol–water partition coefficient (Wildman–Crippen LogP) is 5.25. The molecule has 0 aromatic heterocycles. The summed E-state index contributed by atoms with van der Waals surface area (Å²) in [4.78, 5) is 0. The van der Waals surface area contributed by atoms with Gasteiger partial charge >= 0.3 is 258 Å². The van der Waals surface area contributed by atoms with E-state index in [1.54, 1.807) is 11.1 Å². The van der Waals surface area contributed by atoms with Gasteiger partial charge in [0.1, 0.15) is 0 Å². The first-order chi connectivity index (χ1) is 20.5. The van der Waals surface area contributed by atoms with Gasteiger partial charge in [0.2, 0.25) is 0 Å². The molecule has 2 atom stereocenters. The number of benzene rings is 6. The summed E-state index contributed by atoms with van der Waals surface area (Å²) < 4.78 is 2.88. The summed E-state index contributed by atoms with van der Waals surface area (Å²) in [6.07, 6.45) is 10.2. The molecule has 0 amide bonds. The maximum absolute atomic E-state index is 2.63. The van der Waals surface area contributed by atoms with Crippen molar-refractivity contribution in [2.24, 2.45) is 11.8 Å². The Morgan fingerprint density at radius 3 is 1.32 bits per heavy atom. The number of rotatable bonds is 4. The molecule has 2 unspecified atom stereocenters. The molecular weight excluding hydrogens is 655 g/mol. The van der Waals surface area contributed by atoms with Crippen molar-refractivity contribution in [1.82, 2.24) is 0 Å². The van der Waals surface area contributed by atoms with Crippen LogP contribution in [-0.4, -0.2) is 3.21 Å². The number of hydrogen-bond acceptors (Lipinski definition) is 0. The van der Waals surface area contributed by atoms with Gasteiger partial charge in [-0.05, 0) is 0 Å². The van der Waals surface area contributed by atoms with Crippen LogP contribution < -0.4 is 24.8 Å². The van der Waals surface area contributed by atoms with Crippen molar-refractivity contribution < 1.29 is 46.1 Å². The molecule has 0 spiro atoms. The molecule has 6 aromatic rings. The van der Waals surface area contributed by atoms with Crippen molar-refractivity contribution in [2.75, 3.05) is 0 Å². The molecule has 0 saturated heterocycles. The van der Waals surface area contributed by atoms with Gasteiger partial charge in [-0.2, -0.15) is 0 Å². The van der Waals surface area contributed by atoms with E-state index >= 15 is 0 Å². The number of allylic oxidation sites excluding steroid dienone is 2. The van der Waals surface area contributed by atoms with E-state index in [-0.39, 0.29) is 24.8 Å². The van der Waals surface area contributed by atoms with Gasteiger partial charge in [-0.3, -0.25) is 0 Å². The Kier molecular flexibility index (Phi) is 8.62. The average molecular weight is 691 g/mol. The molecular formula is C41H36Cl2Zr. The smallest absolute Gasteiger partial charge is 1.00 e. The molecule has 8 rings (SSSR count). The second-order valence-electron chi connectivity index (χ2n) is 12.8. The minimum atomic E-state index is -2.52. The van der Waals surface area contributed by atoms with Crippen LogP contribution in [0.3, 0.4) is 0 Å². The van der Waals surface area contributed by atoms with Crippen molar-refractivity contribution in [1.29, 1.82) is 0 Å². The zero-order valence-electron chi connectivity index (χ0n) is 25.6. The Bertz CT molecular complexity index is 2010. The fourth-order valence-corrected chi connectivity index (χ4v) is 18.8. The largest absolute Gasteiger partial charge is 1.00 e. The molecule has 0 bridgehead atoms. The SMILES string of the molecule is CC(C)[C](C(C)C)=[Zr+2]([CH]1C=Cc2ccc3ccc4ccccc4c3c21)[CH]1C=Cc2ccc3ccc4ccccc4c3c21.[Cl-].[Cl-]. The third-order valence-electron chi connectivity index (χ3n) is 9.77. The number of halogens is 2. The molecule has 6 aromatic carbocycles. The molecule has 0 saturated carbocycles. The van der Waals surface area contributed by atoms with Crippen molar-refractivity contribution in [3.63, 3.8) is 0 Å². The van der Waals surface area contributed by atoms with E-state index in [9.17, 15) is 0 Å². The van der Waals surface area contributed by atoms with Crippen LogP contribution >= 0.6 is 0 Å². The van der Waals surface area contributed by atoms with Gasteiger partial charge in [0.15, 0.2) is 0 Å². The van der Waals surface area contributed by atoms with E-state index in [0.29, 0.717) is 19.1 Å². The molecule has 0 N–H and O–H groups in total. The number of fused-ring (bicyclic) bond motifs is 10. The van der Waals surface area contributed by atoms with E-state index < -0.39 is 21.3 Å². The molecule has 3 heteroatoms. The molecule has 218 valence electrons. The predicted molar refractivity (Wildman–Crippen MR) is 181 cm³/mol. The molecule has 2 aliphatic rings. The second-order valence-corrected chi connectivity index (χ2v) is 19.5. The molecule has 0 heterocycles. The minimum absolute atomic E-state index is 0. The summed E-state index contributed by atoms with van der Waals surface area (Å²) in [6.45, 7) is 9.86. The maximum Gasteiger partial charge on any atom is -1.00 e. The van der Waals surface area contributed by atoms with E-state index in [1.807, 2.05) is 3.21 Å². The van der Waals surface area contributed by atoms with Crippen molar-refractivity contribution >= 4 is 58.4 Å². The first-order valence-corrected chi connectivity index (χ1v) is 19.6. The summed E-state index contributed by atoms with van der Waals surface area (Å²) in [6, 6.07) is 36.8. The Morgan fingerprint density at radius 1 is 0.500 bits per heavy atom. The standard InChI is InChI=1S/2C17H11.C7H14.2ClH.Zr/c2*1-2-6-15-12(4-1)8-10-14-11-9-13-5-3-7-16(13)17(14)15;1-6(2)5-7(3)4;;;/h2*1-11H;6-7H,1-4H3;2*1H;/q;;;;;+2/p-2. The van der Waals surface area contributed by atoms with Gasteiger partial charge in [-0.25, -0.2) is 0 Å². The van der Waals surface area contributed by atoms with Crippen LogP contribution in [0, 0.1) is 11.8 Å². The first-order valence-electron chi connectivity index (χ1n) is 15.5. The zero-order valence-corrected chi connectivity index (χ0v) is 29.6. The maximum atomic E-state index is 2.63. The minimum Gasteiger partial charge on any atom is -1.00 e. The first kappa shape index (κ1) is 31.2. The summed E-state index contributed by atoms with van der Waals surface area (Å²) in [5.41, 5.74) is 6.06. The normalized spacial score (nSPS) is 16.3. The summed E-state index contributed by atoms with van der Waals surface area (Å²) in [5.74, 6) is 1.15. The Balaban J connectivity index is 0.00000171. The topological polar surface area (TPSA) is 0 Å². The van der Waals surface area contributed by atoms with E-state index in [1.165, 1.54) is 54.2 Å². The summed E-state index contributed by atoms with van der Waals surface area (Å²) in [7, 11) is 0.